The van der Waals surface area contributed by atoms with Crippen LogP contribution >= 0.6 is 11.6 Å². The molecule has 0 aliphatic heterocycles. The summed E-state index contributed by atoms with van der Waals surface area (Å²) in [5.41, 5.74) is 6.17. The lowest BCUT2D eigenvalue weighted by Gasteiger charge is -2.01. The van der Waals surface area contributed by atoms with Crippen LogP contribution in [0.1, 0.15) is 0 Å². The van der Waals surface area contributed by atoms with E-state index in [0.29, 0.717) is 5.56 Å². The molecule has 2 rings (SSSR count). The lowest BCUT2D eigenvalue weighted by atomic mass is 10.1. The summed E-state index contributed by atoms with van der Waals surface area (Å²) in [5, 5.41) is 3.50. The van der Waals surface area contributed by atoms with Crippen molar-refractivity contribution in [1.82, 2.24) is 5.16 Å². The van der Waals surface area contributed by atoms with Crippen LogP contribution in [-0.2, 0) is 0 Å². The minimum atomic E-state index is -0.524. The lowest BCUT2D eigenvalue weighted by molar-refractivity contribution is 0.423. The van der Waals surface area contributed by atoms with Crippen LogP contribution < -0.4 is 5.73 Å². The summed E-state index contributed by atoms with van der Waals surface area (Å²) in [6, 6.07) is 4.65. The molecule has 0 bridgehead atoms. The zero-order chi connectivity index (χ0) is 10.1. The molecular weight excluding hydrogens is 207 g/mol. The van der Waals surface area contributed by atoms with Crippen molar-refractivity contribution in [3.05, 3.63) is 35.3 Å². The third kappa shape index (κ3) is 1.33. The average molecular weight is 213 g/mol. The van der Waals surface area contributed by atoms with Crippen molar-refractivity contribution in [3.8, 4) is 11.1 Å². The van der Waals surface area contributed by atoms with E-state index in [-0.39, 0.29) is 16.4 Å². The number of aromatic nitrogens is 1. The number of anilines is 1. The van der Waals surface area contributed by atoms with E-state index in [9.17, 15) is 4.39 Å². The molecule has 3 nitrogen and oxygen atoms in total. The van der Waals surface area contributed by atoms with Crippen LogP contribution in [-0.4, -0.2) is 5.16 Å². The first-order chi connectivity index (χ1) is 6.70. The van der Waals surface area contributed by atoms with Crippen LogP contribution in [0.2, 0.25) is 5.02 Å². The van der Waals surface area contributed by atoms with Gasteiger partial charge in [0.25, 0.3) is 0 Å². The van der Waals surface area contributed by atoms with Gasteiger partial charge in [-0.3, -0.25) is 0 Å². The zero-order valence-corrected chi connectivity index (χ0v) is 7.75. The number of benzene rings is 1. The molecule has 1 heterocycles. The molecule has 0 aliphatic rings. The van der Waals surface area contributed by atoms with Gasteiger partial charge in [-0.15, -0.1) is 0 Å². The number of halogens is 2. The van der Waals surface area contributed by atoms with E-state index in [2.05, 4.69) is 9.68 Å². The van der Waals surface area contributed by atoms with Crippen molar-refractivity contribution in [1.29, 1.82) is 0 Å². The fraction of sp³-hybridized carbons (Fsp3) is 0. The highest BCUT2D eigenvalue weighted by Gasteiger charge is 2.13. The molecule has 0 radical (unpaired) electrons. The molecule has 1 aromatic carbocycles. The molecular formula is C9H6ClFN2O. The van der Waals surface area contributed by atoms with Crippen LogP contribution in [0.4, 0.5) is 10.2 Å². The van der Waals surface area contributed by atoms with Crippen molar-refractivity contribution < 1.29 is 8.91 Å². The summed E-state index contributed by atoms with van der Waals surface area (Å²) in [7, 11) is 0. The first kappa shape index (κ1) is 9.02. The Bertz CT molecular complexity index is 470. The van der Waals surface area contributed by atoms with Crippen molar-refractivity contribution in [2.45, 2.75) is 0 Å². The highest BCUT2D eigenvalue weighted by atomic mass is 35.5. The predicted octanol–water partition coefficient (Wildman–Crippen LogP) is 2.72. The fourth-order valence-electron chi connectivity index (χ4n) is 1.16. The van der Waals surface area contributed by atoms with Gasteiger partial charge >= 0.3 is 0 Å². The van der Waals surface area contributed by atoms with Gasteiger partial charge in [-0.1, -0.05) is 28.9 Å². The fourth-order valence-corrected chi connectivity index (χ4v) is 1.33. The number of nitrogens with zero attached hydrogens (tertiary/aromatic N) is 1. The van der Waals surface area contributed by atoms with Gasteiger partial charge in [-0.25, -0.2) is 4.39 Å². The number of nitrogens with two attached hydrogens (primary N) is 1. The van der Waals surface area contributed by atoms with E-state index >= 15 is 0 Å². The topological polar surface area (TPSA) is 52.0 Å². The third-order valence-electron chi connectivity index (χ3n) is 1.84. The number of rotatable bonds is 1. The second kappa shape index (κ2) is 3.31. The Kier molecular flexibility index (Phi) is 2.13. The van der Waals surface area contributed by atoms with Crippen LogP contribution in [0.25, 0.3) is 11.1 Å². The smallest absolute Gasteiger partial charge is 0.174 e. The second-order valence-electron chi connectivity index (χ2n) is 2.71. The normalized spacial score (nSPS) is 10.4. The first-order valence-corrected chi connectivity index (χ1v) is 4.22. The highest BCUT2D eigenvalue weighted by Crippen LogP contribution is 2.30. The predicted molar refractivity (Wildman–Crippen MR) is 51.3 cm³/mol. The second-order valence-corrected chi connectivity index (χ2v) is 3.12. The van der Waals surface area contributed by atoms with Gasteiger partial charge in [-0.05, 0) is 6.07 Å². The van der Waals surface area contributed by atoms with E-state index < -0.39 is 5.82 Å². The molecule has 14 heavy (non-hydrogen) atoms. The van der Waals surface area contributed by atoms with Crippen molar-refractivity contribution in [2.75, 3.05) is 5.73 Å². The average Bonchev–Trinajstić information content (AvgIpc) is 2.57. The number of hydrogen-bond acceptors (Lipinski definition) is 3. The quantitative estimate of drug-likeness (QED) is 0.791. The van der Waals surface area contributed by atoms with E-state index in [4.69, 9.17) is 17.3 Å². The van der Waals surface area contributed by atoms with Gasteiger partial charge in [0, 0.05) is 5.56 Å². The Morgan fingerprint density at radius 3 is 2.79 bits per heavy atom. The molecule has 72 valence electrons. The summed E-state index contributed by atoms with van der Waals surface area (Å²) >= 11 is 5.62. The van der Waals surface area contributed by atoms with E-state index in [1.165, 1.54) is 12.3 Å². The molecule has 2 aromatic rings. The molecule has 5 heteroatoms. The summed E-state index contributed by atoms with van der Waals surface area (Å²) in [6.45, 7) is 0. The van der Waals surface area contributed by atoms with E-state index in [0.717, 1.165) is 0 Å². The monoisotopic (exact) mass is 212 g/mol. The molecule has 0 saturated carbocycles. The molecule has 1 aromatic heterocycles. The van der Waals surface area contributed by atoms with Gasteiger partial charge in [0.05, 0.1) is 10.6 Å². The molecule has 0 saturated heterocycles. The highest BCUT2D eigenvalue weighted by molar-refractivity contribution is 6.31. The maximum atomic E-state index is 13.5. The maximum Gasteiger partial charge on any atom is 0.174 e. The third-order valence-corrected chi connectivity index (χ3v) is 2.13. The van der Waals surface area contributed by atoms with Crippen LogP contribution in [0.5, 0.6) is 0 Å². The van der Waals surface area contributed by atoms with Gasteiger partial charge in [0.15, 0.2) is 5.82 Å². The van der Waals surface area contributed by atoms with Gasteiger partial charge < -0.3 is 10.3 Å². The van der Waals surface area contributed by atoms with Gasteiger partial charge in [-0.2, -0.15) is 0 Å². The minimum Gasteiger partial charge on any atom is -0.380 e. The summed E-state index contributed by atoms with van der Waals surface area (Å²) in [4.78, 5) is 0. The zero-order valence-electron chi connectivity index (χ0n) is 7.00. The van der Waals surface area contributed by atoms with E-state index in [1.807, 2.05) is 0 Å². The largest absolute Gasteiger partial charge is 0.380 e. The van der Waals surface area contributed by atoms with E-state index in [1.54, 1.807) is 12.1 Å². The number of nitrogen functional groups attached to an aromatic ring is 1. The molecule has 2 N–H and O–H groups in total. The van der Waals surface area contributed by atoms with Crippen molar-refractivity contribution in [2.24, 2.45) is 0 Å². The van der Waals surface area contributed by atoms with Crippen molar-refractivity contribution >= 4 is 17.4 Å². The van der Waals surface area contributed by atoms with Gasteiger partial charge in [0.1, 0.15) is 12.1 Å². The Hall–Kier alpha value is -1.55. The molecule has 0 atom stereocenters. The van der Waals surface area contributed by atoms with Crippen molar-refractivity contribution in [3.63, 3.8) is 0 Å². The van der Waals surface area contributed by atoms with Crippen LogP contribution in [0, 0.1) is 5.82 Å². The Labute approximate surface area is 84.3 Å². The summed E-state index contributed by atoms with van der Waals surface area (Å²) in [5.74, 6) is -0.379. The molecule has 0 aliphatic carbocycles. The first-order valence-electron chi connectivity index (χ1n) is 3.84. The minimum absolute atomic E-state index is 0.0445. The molecule has 0 amide bonds. The molecule has 0 spiro atoms. The maximum absolute atomic E-state index is 13.5. The summed E-state index contributed by atoms with van der Waals surface area (Å²) < 4.78 is 18.1. The SMILES string of the molecule is Nc1nocc1-c1cccc(Cl)c1F. The summed E-state index contributed by atoms with van der Waals surface area (Å²) in [6.07, 6.45) is 1.28. The Balaban J connectivity index is 2.63. The molecule has 0 unspecified atom stereocenters. The van der Waals surface area contributed by atoms with Gasteiger partial charge in [0.2, 0.25) is 0 Å². The molecule has 0 fully saturated rings. The Morgan fingerprint density at radius 1 is 1.36 bits per heavy atom. The Morgan fingerprint density at radius 2 is 2.14 bits per heavy atom. The van der Waals surface area contributed by atoms with Crippen LogP contribution in [0.15, 0.2) is 29.0 Å². The van der Waals surface area contributed by atoms with Crippen LogP contribution in [0.3, 0.4) is 0 Å². The standard InChI is InChI=1S/C9H6ClFN2O/c10-7-3-1-2-5(8(7)11)6-4-14-13-9(6)12/h1-4H,(H2,12,13). The lowest BCUT2D eigenvalue weighted by Crippen LogP contribution is -1.90. The number of hydrogen-bond donors (Lipinski definition) is 1.